The molecule has 3 heterocycles. The molecule has 0 spiro atoms. The summed E-state index contributed by atoms with van der Waals surface area (Å²) in [6, 6.07) is 3.08. The molecule has 0 aliphatic carbocycles. The van der Waals surface area contributed by atoms with Crippen LogP contribution in [0.1, 0.15) is 31.6 Å². The van der Waals surface area contributed by atoms with Gasteiger partial charge >= 0.3 is 6.18 Å². The Morgan fingerprint density at radius 1 is 1.29 bits per heavy atom. The molecule has 0 saturated carbocycles. The fourth-order valence-electron chi connectivity index (χ4n) is 3.95. The van der Waals surface area contributed by atoms with Crippen LogP contribution in [0.3, 0.4) is 0 Å². The Morgan fingerprint density at radius 3 is 2.74 bits per heavy atom. The summed E-state index contributed by atoms with van der Waals surface area (Å²) in [6.45, 7) is 5.28. The standard InChI is InChI=1S/C22H21F5N8/c1-3-16-21-32-30-12-35(21)17(11-28)20(34(16)9-7-22(25,26)27)31-13(2)33-10-8-29-19(33)14-5-4-6-15(23)18(14)24/h4-6,8,10-12,16H,2-3,7,9,28H2,1H3/b17-11+,31-20?/t16-/m1/s1. The van der Waals surface area contributed by atoms with E-state index in [0.717, 1.165) is 6.07 Å². The van der Waals surface area contributed by atoms with E-state index in [-0.39, 0.29) is 28.7 Å². The summed E-state index contributed by atoms with van der Waals surface area (Å²) >= 11 is 0. The van der Waals surface area contributed by atoms with E-state index < -0.39 is 36.8 Å². The Morgan fingerprint density at radius 2 is 2.06 bits per heavy atom. The zero-order valence-corrected chi connectivity index (χ0v) is 18.5. The second-order valence-corrected chi connectivity index (χ2v) is 7.67. The van der Waals surface area contributed by atoms with Crippen LogP contribution in [0.25, 0.3) is 22.9 Å². The third-order valence-electron chi connectivity index (χ3n) is 5.54. The Labute approximate surface area is 196 Å². The first-order valence-corrected chi connectivity index (χ1v) is 10.6. The summed E-state index contributed by atoms with van der Waals surface area (Å²) < 4.78 is 70.5. The van der Waals surface area contributed by atoms with Crippen molar-refractivity contribution in [1.29, 1.82) is 0 Å². The molecule has 1 aliphatic rings. The Kier molecular flexibility index (Phi) is 6.41. The highest BCUT2D eigenvalue weighted by molar-refractivity contribution is 6.19. The van der Waals surface area contributed by atoms with Gasteiger partial charge in [-0.3, -0.25) is 9.13 Å². The van der Waals surface area contributed by atoms with Crippen molar-refractivity contribution >= 4 is 17.4 Å². The number of imidazole rings is 1. The van der Waals surface area contributed by atoms with E-state index in [9.17, 15) is 22.0 Å². The van der Waals surface area contributed by atoms with E-state index in [1.807, 2.05) is 0 Å². The Hall–Kier alpha value is -4.03. The molecule has 13 heteroatoms. The van der Waals surface area contributed by atoms with E-state index in [4.69, 9.17) is 5.73 Å². The monoisotopic (exact) mass is 492 g/mol. The molecule has 2 aromatic heterocycles. The van der Waals surface area contributed by atoms with Gasteiger partial charge in [0.05, 0.1) is 18.0 Å². The number of hydrogen-bond donors (Lipinski definition) is 1. The van der Waals surface area contributed by atoms with Gasteiger partial charge in [-0.2, -0.15) is 13.2 Å². The van der Waals surface area contributed by atoms with Crippen molar-refractivity contribution in [3.8, 4) is 11.4 Å². The average Bonchev–Trinajstić information content (AvgIpc) is 3.48. The van der Waals surface area contributed by atoms with Crippen LogP contribution >= 0.6 is 0 Å². The molecule has 0 amide bonds. The van der Waals surface area contributed by atoms with Crippen LogP contribution in [0.15, 0.2) is 54.7 Å². The van der Waals surface area contributed by atoms with Gasteiger partial charge in [0.2, 0.25) is 0 Å². The van der Waals surface area contributed by atoms with E-state index in [1.165, 1.54) is 46.5 Å². The van der Waals surface area contributed by atoms with Crippen molar-refractivity contribution in [3.05, 3.63) is 67.2 Å². The molecule has 35 heavy (non-hydrogen) atoms. The van der Waals surface area contributed by atoms with Crippen molar-refractivity contribution in [2.24, 2.45) is 10.7 Å². The average molecular weight is 492 g/mol. The van der Waals surface area contributed by atoms with Crippen molar-refractivity contribution in [2.75, 3.05) is 6.54 Å². The predicted octanol–water partition coefficient (Wildman–Crippen LogP) is 4.42. The topological polar surface area (TPSA) is 90.1 Å². The summed E-state index contributed by atoms with van der Waals surface area (Å²) in [5.41, 5.74) is 5.96. The van der Waals surface area contributed by atoms with Crippen LogP contribution in [0.2, 0.25) is 0 Å². The molecule has 0 saturated heterocycles. The first-order valence-electron chi connectivity index (χ1n) is 10.6. The maximum absolute atomic E-state index is 14.4. The molecule has 2 N–H and O–H groups in total. The third-order valence-corrected chi connectivity index (χ3v) is 5.54. The molecule has 1 aromatic carbocycles. The van der Waals surface area contributed by atoms with Gasteiger partial charge in [-0.15, -0.1) is 10.2 Å². The van der Waals surface area contributed by atoms with Crippen molar-refractivity contribution in [1.82, 2.24) is 29.2 Å². The summed E-state index contributed by atoms with van der Waals surface area (Å²) in [4.78, 5) is 10.0. The summed E-state index contributed by atoms with van der Waals surface area (Å²) in [5, 5.41) is 7.94. The fraction of sp³-hybridized carbons (Fsp3) is 0.273. The number of benzene rings is 1. The van der Waals surface area contributed by atoms with Crippen molar-refractivity contribution in [2.45, 2.75) is 32.0 Å². The van der Waals surface area contributed by atoms with Gasteiger partial charge in [0.1, 0.15) is 23.7 Å². The van der Waals surface area contributed by atoms with Gasteiger partial charge < -0.3 is 10.6 Å². The maximum Gasteiger partial charge on any atom is 0.390 e. The minimum absolute atomic E-state index is 0.00102. The molecule has 1 aliphatic heterocycles. The molecule has 0 bridgehead atoms. The molecule has 1 atom stereocenters. The number of halogens is 5. The predicted molar refractivity (Wildman–Crippen MR) is 119 cm³/mol. The SMILES string of the molecule is C=C(N=C1/C(=C\N)n2cnnc2[C@@H](CC)N1CCC(F)(F)F)n1ccnc1-c1cccc(F)c1F. The lowest BCUT2D eigenvalue weighted by atomic mass is 10.1. The van der Waals surface area contributed by atoms with Crippen LogP contribution < -0.4 is 5.73 Å². The highest BCUT2D eigenvalue weighted by Crippen LogP contribution is 2.35. The Balaban J connectivity index is 1.81. The van der Waals surface area contributed by atoms with Gasteiger partial charge in [-0.05, 0) is 18.6 Å². The molecule has 0 radical (unpaired) electrons. The van der Waals surface area contributed by atoms with Crippen molar-refractivity contribution in [3.63, 3.8) is 0 Å². The summed E-state index contributed by atoms with van der Waals surface area (Å²) in [7, 11) is 0. The number of alkyl halides is 3. The molecule has 8 nitrogen and oxygen atoms in total. The quantitative estimate of drug-likeness (QED) is 0.515. The number of aliphatic imine (C=N–C) groups is 1. The largest absolute Gasteiger partial charge is 0.403 e. The van der Waals surface area contributed by atoms with E-state index >= 15 is 0 Å². The number of nitrogens with two attached hydrogens (primary N) is 1. The number of fused-ring (bicyclic) bond motifs is 1. The zero-order chi connectivity index (χ0) is 25.3. The molecule has 3 aromatic rings. The first-order chi connectivity index (χ1) is 16.7. The smallest absolute Gasteiger partial charge is 0.390 e. The number of amidine groups is 1. The normalized spacial score (nSPS) is 18.3. The molecular formula is C22H21F5N8. The molecular weight excluding hydrogens is 471 g/mol. The lowest BCUT2D eigenvalue weighted by Crippen LogP contribution is -2.44. The number of rotatable bonds is 6. The summed E-state index contributed by atoms with van der Waals surface area (Å²) in [6.07, 6.45) is 0.247. The van der Waals surface area contributed by atoms with Gasteiger partial charge in [0.15, 0.2) is 23.3 Å². The van der Waals surface area contributed by atoms with Gasteiger partial charge in [-0.1, -0.05) is 19.6 Å². The van der Waals surface area contributed by atoms with Gasteiger partial charge in [0.25, 0.3) is 0 Å². The van der Waals surface area contributed by atoms with Crippen LogP contribution in [0, 0.1) is 11.6 Å². The molecule has 184 valence electrons. The number of hydrogen-bond acceptors (Lipinski definition) is 5. The van der Waals surface area contributed by atoms with E-state index in [1.54, 1.807) is 11.5 Å². The Bertz CT molecular complexity index is 1300. The third kappa shape index (κ3) is 4.53. The lowest BCUT2D eigenvalue weighted by molar-refractivity contribution is -0.137. The van der Waals surface area contributed by atoms with Crippen LogP contribution in [0.4, 0.5) is 22.0 Å². The van der Waals surface area contributed by atoms with E-state index in [2.05, 4.69) is 26.8 Å². The van der Waals surface area contributed by atoms with Crippen LogP contribution in [0.5, 0.6) is 0 Å². The lowest BCUT2D eigenvalue weighted by Gasteiger charge is -2.38. The van der Waals surface area contributed by atoms with Crippen LogP contribution in [-0.2, 0) is 0 Å². The molecule has 0 fully saturated rings. The van der Waals surface area contributed by atoms with Crippen molar-refractivity contribution < 1.29 is 22.0 Å². The van der Waals surface area contributed by atoms with E-state index in [0.29, 0.717) is 12.2 Å². The zero-order valence-electron chi connectivity index (χ0n) is 18.5. The maximum atomic E-state index is 14.4. The summed E-state index contributed by atoms with van der Waals surface area (Å²) in [5.74, 6) is -1.63. The second-order valence-electron chi connectivity index (χ2n) is 7.67. The van der Waals surface area contributed by atoms with Gasteiger partial charge in [-0.25, -0.2) is 18.8 Å². The van der Waals surface area contributed by atoms with Gasteiger partial charge in [0, 0.05) is 25.1 Å². The molecule has 0 unspecified atom stereocenters. The van der Waals surface area contributed by atoms with Crippen LogP contribution in [-0.4, -0.2) is 47.8 Å². The highest BCUT2D eigenvalue weighted by atomic mass is 19.4. The first kappa shape index (κ1) is 24.1. The number of nitrogens with zero attached hydrogens (tertiary/aromatic N) is 7. The highest BCUT2D eigenvalue weighted by Gasteiger charge is 2.38. The minimum atomic E-state index is -4.41. The fourth-order valence-corrected chi connectivity index (χ4v) is 3.95. The minimum Gasteiger partial charge on any atom is -0.403 e. The number of aromatic nitrogens is 5. The second kappa shape index (κ2) is 9.31. The molecule has 4 rings (SSSR count).